The van der Waals surface area contributed by atoms with Gasteiger partial charge in [-0.25, -0.2) is 0 Å². The van der Waals surface area contributed by atoms with Crippen LogP contribution in [0.2, 0.25) is 0 Å². The van der Waals surface area contributed by atoms with Crippen molar-refractivity contribution in [3.8, 4) is 11.5 Å². The average Bonchev–Trinajstić information content (AvgIpc) is 3.43. The molecule has 0 unspecified atom stereocenters. The molecule has 0 aromatic heterocycles. The molecule has 154 valence electrons. The Morgan fingerprint density at radius 2 is 1.89 bits per heavy atom. The van der Waals surface area contributed by atoms with Crippen molar-refractivity contribution in [2.24, 2.45) is 4.99 Å². The maximum Gasteiger partial charge on any atom is 0.231 e. The van der Waals surface area contributed by atoms with Crippen LogP contribution in [0.25, 0.3) is 0 Å². The van der Waals surface area contributed by atoms with Crippen LogP contribution < -0.4 is 20.1 Å². The molecule has 3 aliphatic heterocycles. The van der Waals surface area contributed by atoms with Gasteiger partial charge < -0.3 is 24.8 Å². The zero-order chi connectivity index (χ0) is 19.2. The lowest BCUT2D eigenvalue weighted by molar-refractivity contribution is -0.0164. The molecule has 2 fully saturated rings. The van der Waals surface area contributed by atoms with Crippen LogP contribution in [0.3, 0.4) is 0 Å². The van der Waals surface area contributed by atoms with Gasteiger partial charge in [0.15, 0.2) is 17.5 Å². The SMILES string of the molecule is CN=C(NCCc1ccc2c(c1)OCO2)NCC1(N2CCCC2)CCOCC1. The van der Waals surface area contributed by atoms with Crippen LogP contribution in [-0.2, 0) is 11.2 Å². The predicted molar refractivity (Wildman–Crippen MR) is 109 cm³/mol. The molecule has 1 aromatic carbocycles. The first-order valence-electron chi connectivity index (χ1n) is 10.4. The number of rotatable bonds is 6. The Bertz CT molecular complexity index is 682. The molecule has 0 bridgehead atoms. The lowest BCUT2D eigenvalue weighted by Crippen LogP contribution is -2.58. The fourth-order valence-electron chi connectivity index (χ4n) is 4.44. The summed E-state index contributed by atoms with van der Waals surface area (Å²) in [5.74, 6) is 2.54. The molecule has 2 saturated heterocycles. The normalized spacial score (nSPS) is 21.7. The van der Waals surface area contributed by atoms with Gasteiger partial charge in [0, 0.05) is 38.9 Å². The van der Waals surface area contributed by atoms with Gasteiger partial charge in [-0.2, -0.15) is 0 Å². The van der Waals surface area contributed by atoms with Crippen molar-refractivity contribution in [3.05, 3.63) is 23.8 Å². The third-order valence-electron chi connectivity index (χ3n) is 6.15. The maximum absolute atomic E-state index is 5.64. The standard InChI is InChI=1S/C21H32N4O3/c1-22-20(23-9-6-17-4-5-18-19(14-17)28-16-27-18)24-15-21(7-12-26-13-8-21)25-10-2-3-11-25/h4-5,14H,2-3,6-13,15-16H2,1H3,(H2,22,23,24). The fourth-order valence-corrected chi connectivity index (χ4v) is 4.44. The molecular formula is C21H32N4O3. The number of benzene rings is 1. The highest BCUT2D eigenvalue weighted by molar-refractivity contribution is 5.79. The number of likely N-dealkylation sites (tertiary alicyclic amines) is 1. The summed E-state index contributed by atoms with van der Waals surface area (Å²) in [5.41, 5.74) is 1.43. The van der Waals surface area contributed by atoms with Crippen LogP contribution >= 0.6 is 0 Å². The van der Waals surface area contributed by atoms with Gasteiger partial charge in [-0.15, -0.1) is 0 Å². The van der Waals surface area contributed by atoms with Gasteiger partial charge in [0.1, 0.15) is 0 Å². The first-order valence-corrected chi connectivity index (χ1v) is 10.4. The molecule has 7 nitrogen and oxygen atoms in total. The van der Waals surface area contributed by atoms with E-state index in [9.17, 15) is 0 Å². The number of fused-ring (bicyclic) bond motifs is 1. The number of hydrogen-bond acceptors (Lipinski definition) is 5. The van der Waals surface area contributed by atoms with Crippen molar-refractivity contribution in [3.63, 3.8) is 0 Å². The molecule has 3 heterocycles. The third-order valence-corrected chi connectivity index (χ3v) is 6.15. The highest BCUT2D eigenvalue weighted by Gasteiger charge is 2.39. The zero-order valence-corrected chi connectivity index (χ0v) is 16.8. The van der Waals surface area contributed by atoms with E-state index in [2.05, 4.69) is 32.7 Å². The Morgan fingerprint density at radius 3 is 2.68 bits per heavy atom. The number of ether oxygens (including phenoxy) is 3. The Hall–Kier alpha value is -1.99. The van der Waals surface area contributed by atoms with Crippen LogP contribution in [0.1, 0.15) is 31.2 Å². The topological polar surface area (TPSA) is 67.4 Å². The monoisotopic (exact) mass is 388 g/mol. The van der Waals surface area contributed by atoms with Crippen LogP contribution in [0, 0.1) is 0 Å². The van der Waals surface area contributed by atoms with Crippen molar-refractivity contribution < 1.29 is 14.2 Å². The molecule has 28 heavy (non-hydrogen) atoms. The largest absolute Gasteiger partial charge is 0.454 e. The van der Waals surface area contributed by atoms with Crippen LogP contribution in [0.4, 0.5) is 0 Å². The highest BCUT2D eigenvalue weighted by atomic mass is 16.7. The summed E-state index contributed by atoms with van der Waals surface area (Å²) in [7, 11) is 1.84. The second-order valence-corrected chi connectivity index (χ2v) is 7.82. The van der Waals surface area contributed by atoms with Crippen LogP contribution in [0.5, 0.6) is 11.5 Å². The number of hydrogen-bond donors (Lipinski definition) is 2. The molecule has 2 N–H and O–H groups in total. The third kappa shape index (κ3) is 4.36. The number of guanidine groups is 1. The van der Waals surface area contributed by atoms with Crippen molar-refractivity contribution in [1.82, 2.24) is 15.5 Å². The smallest absolute Gasteiger partial charge is 0.231 e. The van der Waals surface area contributed by atoms with Gasteiger partial charge in [0.2, 0.25) is 6.79 Å². The first kappa shape index (κ1) is 19.3. The first-order chi connectivity index (χ1) is 13.8. The lowest BCUT2D eigenvalue weighted by atomic mass is 9.88. The summed E-state index contributed by atoms with van der Waals surface area (Å²) in [4.78, 5) is 7.09. The zero-order valence-electron chi connectivity index (χ0n) is 16.8. The van der Waals surface area contributed by atoms with E-state index in [-0.39, 0.29) is 5.54 Å². The van der Waals surface area contributed by atoms with Crippen molar-refractivity contribution >= 4 is 5.96 Å². The van der Waals surface area contributed by atoms with Gasteiger partial charge >= 0.3 is 0 Å². The summed E-state index contributed by atoms with van der Waals surface area (Å²) in [6.07, 6.45) is 5.71. The van der Waals surface area contributed by atoms with E-state index in [0.29, 0.717) is 6.79 Å². The van der Waals surface area contributed by atoms with Gasteiger partial charge in [0.05, 0.1) is 0 Å². The molecule has 3 aliphatic rings. The van der Waals surface area contributed by atoms with Crippen LogP contribution in [0.15, 0.2) is 23.2 Å². The van der Waals surface area contributed by atoms with Gasteiger partial charge in [-0.1, -0.05) is 6.07 Å². The van der Waals surface area contributed by atoms with Crippen LogP contribution in [-0.4, -0.2) is 69.6 Å². The summed E-state index contributed by atoms with van der Waals surface area (Å²) < 4.78 is 16.5. The predicted octanol–water partition coefficient (Wildman–Crippen LogP) is 1.77. The Kier molecular flexibility index (Phi) is 6.22. The second kappa shape index (κ2) is 9.01. The quantitative estimate of drug-likeness (QED) is 0.572. The Morgan fingerprint density at radius 1 is 1.11 bits per heavy atom. The van der Waals surface area contributed by atoms with Gasteiger partial charge in [0.25, 0.3) is 0 Å². The molecule has 4 rings (SSSR count). The number of nitrogens with zero attached hydrogens (tertiary/aromatic N) is 2. The maximum atomic E-state index is 5.64. The van der Waals surface area contributed by atoms with Gasteiger partial charge in [-0.05, 0) is 62.9 Å². The summed E-state index contributed by atoms with van der Waals surface area (Å²) >= 11 is 0. The second-order valence-electron chi connectivity index (χ2n) is 7.82. The molecule has 0 spiro atoms. The van der Waals surface area contributed by atoms with E-state index >= 15 is 0 Å². The molecule has 1 aromatic rings. The Labute approximate surface area is 167 Å². The number of aliphatic imine (C=N–C) groups is 1. The summed E-state index contributed by atoms with van der Waals surface area (Å²) in [6, 6.07) is 6.13. The van der Waals surface area contributed by atoms with Gasteiger partial charge in [-0.3, -0.25) is 9.89 Å². The fraction of sp³-hybridized carbons (Fsp3) is 0.667. The molecule has 0 atom stereocenters. The molecule has 0 aliphatic carbocycles. The molecule has 7 heteroatoms. The molecule has 0 radical (unpaired) electrons. The van der Waals surface area contributed by atoms with Crippen molar-refractivity contribution in [1.29, 1.82) is 0 Å². The van der Waals surface area contributed by atoms with E-state index in [0.717, 1.165) is 63.0 Å². The lowest BCUT2D eigenvalue weighted by Gasteiger charge is -2.45. The van der Waals surface area contributed by atoms with E-state index in [1.807, 2.05) is 13.1 Å². The minimum Gasteiger partial charge on any atom is -0.454 e. The summed E-state index contributed by atoms with van der Waals surface area (Å²) in [5, 5.41) is 7.03. The van der Waals surface area contributed by atoms with E-state index in [1.54, 1.807) is 0 Å². The summed E-state index contributed by atoms with van der Waals surface area (Å²) in [6.45, 7) is 6.18. The van der Waals surface area contributed by atoms with E-state index in [1.165, 1.54) is 31.5 Å². The minimum absolute atomic E-state index is 0.198. The average molecular weight is 389 g/mol. The Balaban J connectivity index is 1.28. The number of nitrogens with one attached hydrogen (secondary N) is 2. The molecule has 0 saturated carbocycles. The molecular weight excluding hydrogens is 356 g/mol. The molecule has 0 amide bonds. The minimum atomic E-state index is 0.198. The van der Waals surface area contributed by atoms with Crippen molar-refractivity contribution in [2.45, 2.75) is 37.6 Å². The van der Waals surface area contributed by atoms with E-state index in [4.69, 9.17) is 14.2 Å². The highest BCUT2D eigenvalue weighted by Crippen LogP contribution is 2.32. The van der Waals surface area contributed by atoms with E-state index < -0.39 is 0 Å². The van der Waals surface area contributed by atoms with Crippen molar-refractivity contribution in [2.75, 3.05) is 53.2 Å².